The van der Waals surface area contributed by atoms with Gasteiger partial charge >= 0.3 is 5.43 Å². The molecule has 0 spiro atoms. The van der Waals surface area contributed by atoms with Gasteiger partial charge in [0.2, 0.25) is 0 Å². The van der Waals surface area contributed by atoms with Crippen LogP contribution in [-0.2, 0) is 11.2 Å². The number of allylic oxidation sites excluding steroid dienone is 1. The number of halogens is 1. The van der Waals surface area contributed by atoms with Gasteiger partial charge in [0.15, 0.2) is 0 Å². The number of aromatic nitrogens is 1. The van der Waals surface area contributed by atoms with Crippen molar-refractivity contribution < 1.29 is 9.53 Å². The van der Waals surface area contributed by atoms with Crippen LogP contribution in [0.5, 0.6) is 0 Å². The highest BCUT2D eigenvalue weighted by molar-refractivity contribution is 6.61. The van der Waals surface area contributed by atoms with E-state index in [2.05, 4.69) is 11.1 Å². The highest BCUT2D eigenvalue weighted by Crippen LogP contribution is 2.16. The van der Waals surface area contributed by atoms with Crippen LogP contribution in [0.2, 0.25) is 0 Å². The lowest BCUT2D eigenvalue weighted by atomic mass is 10.0. The summed E-state index contributed by atoms with van der Waals surface area (Å²) in [6.45, 7) is 0.223. The molecule has 1 heterocycles. The van der Waals surface area contributed by atoms with Gasteiger partial charge in [-0.15, -0.1) is 0 Å². The van der Waals surface area contributed by atoms with Crippen molar-refractivity contribution in [2.75, 3.05) is 6.61 Å². The second kappa shape index (κ2) is 7.96. The van der Waals surface area contributed by atoms with Crippen LogP contribution in [0.25, 0.3) is 11.6 Å². The Kier molecular flexibility index (Phi) is 5.70. The predicted molar refractivity (Wildman–Crippen MR) is 85.1 cm³/mol. The fourth-order valence-corrected chi connectivity index (χ4v) is 2.02. The van der Waals surface area contributed by atoms with Crippen molar-refractivity contribution in [2.24, 2.45) is 0 Å². The Morgan fingerprint density at radius 3 is 2.86 bits per heavy atom. The molecule has 0 saturated heterocycles. The monoisotopic (exact) mass is 312 g/mol. The smallest absolute Gasteiger partial charge is 0.403 e. The van der Waals surface area contributed by atoms with Crippen molar-refractivity contribution in [3.8, 4) is 6.07 Å². The van der Waals surface area contributed by atoms with Gasteiger partial charge in [-0.1, -0.05) is 30.3 Å². The highest BCUT2D eigenvalue weighted by atomic mass is 35.5. The first kappa shape index (κ1) is 15.7. The summed E-state index contributed by atoms with van der Waals surface area (Å²) in [4.78, 5) is 14.7. The quantitative estimate of drug-likeness (QED) is 0.617. The van der Waals surface area contributed by atoms with Crippen LogP contribution >= 0.6 is 11.6 Å². The molecular weight excluding hydrogens is 300 g/mol. The minimum Gasteiger partial charge on any atom is -0.453 e. The molecule has 0 fully saturated rings. The molecule has 1 aromatic heterocycles. The zero-order valence-electron chi connectivity index (χ0n) is 11.7. The number of nitrogens with zero attached hydrogens (tertiary/aromatic N) is 2. The standard InChI is InChI=1S/C17H13ClN2O2/c18-17(21)22-9-7-13-4-3-5-14(10-13)11-15(12-19)16-6-1-2-8-20-16/h1-6,8,10-11H,7,9H2/b15-11+. The summed E-state index contributed by atoms with van der Waals surface area (Å²) in [5.74, 6) is 0. The van der Waals surface area contributed by atoms with E-state index < -0.39 is 5.43 Å². The normalized spacial score (nSPS) is 10.8. The summed E-state index contributed by atoms with van der Waals surface area (Å²) in [5.41, 5.74) is 2.19. The summed E-state index contributed by atoms with van der Waals surface area (Å²) in [6, 6.07) is 15.2. The summed E-state index contributed by atoms with van der Waals surface area (Å²) in [5, 5.41) is 9.28. The van der Waals surface area contributed by atoms with E-state index in [0.717, 1.165) is 11.1 Å². The van der Waals surface area contributed by atoms with Crippen LogP contribution in [0, 0.1) is 11.3 Å². The second-order valence-electron chi connectivity index (χ2n) is 4.47. The maximum atomic E-state index is 10.5. The maximum Gasteiger partial charge on any atom is 0.403 e. The van der Waals surface area contributed by atoms with E-state index in [4.69, 9.17) is 16.3 Å². The van der Waals surface area contributed by atoms with Crippen molar-refractivity contribution >= 4 is 28.7 Å². The second-order valence-corrected chi connectivity index (χ2v) is 4.77. The third-order valence-corrected chi connectivity index (χ3v) is 3.04. The van der Waals surface area contributed by atoms with Gasteiger partial charge in [-0.05, 0) is 29.3 Å². The Hall–Kier alpha value is -2.64. The topological polar surface area (TPSA) is 63.0 Å². The molecule has 2 rings (SSSR count). The number of ether oxygens (including phenoxy) is 1. The molecule has 0 radical (unpaired) electrons. The number of rotatable bonds is 5. The molecule has 0 aliphatic heterocycles. The molecule has 5 heteroatoms. The summed E-state index contributed by atoms with van der Waals surface area (Å²) in [6.07, 6.45) is 3.99. The number of hydrogen-bond donors (Lipinski definition) is 0. The van der Waals surface area contributed by atoms with E-state index in [-0.39, 0.29) is 6.61 Å². The van der Waals surface area contributed by atoms with Gasteiger partial charge in [-0.2, -0.15) is 5.26 Å². The van der Waals surface area contributed by atoms with E-state index in [0.29, 0.717) is 17.7 Å². The molecule has 110 valence electrons. The average Bonchev–Trinajstić information content (AvgIpc) is 2.53. The van der Waals surface area contributed by atoms with E-state index in [1.54, 1.807) is 24.4 Å². The lowest BCUT2D eigenvalue weighted by molar-refractivity contribution is 0.175. The summed E-state index contributed by atoms with van der Waals surface area (Å²) >= 11 is 5.12. The lowest BCUT2D eigenvalue weighted by Gasteiger charge is -2.03. The van der Waals surface area contributed by atoms with Gasteiger partial charge in [-0.3, -0.25) is 4.98 Å². The zero-order chi connectivity index (χ0) is 15.8. The van der Waals surface area contributed by atoms with Gasteiger partial charge < -0.3 is 4.74 Å². The van der Waals surface area contributed by atoms with Crippen LogP contribution in [0.15, 0.2) is 48.7 Å². The number of carbonyl (C=O) groups excluding carboxylic acids is 1. The predicted octanol–water partition coefficient (Wildman–Crippen LogP) is 4.06. The van der Waals surface area contributed by atoms with Crippen LogP contribution in [0.1, 0.15) is 16.8 Å². The number of benzene rings is 1. The van der Waals surface area contributed by atoms with Gasteiger partial charge in [0, 0.05) is 24.2 Å². The number of carbonyl (C=O) groups is 1. The molecule has 0 bridgehead atoms. The average molecular weight is 313 g/mol. The number of hydrogen-bond acceptors (Lipinski definition) is 4. The Balaban J connectivity index is 2.16. The first-order chi connectivity index (χ1) is 10.7. The van der Waals surface area contributed by atoms with Crippen LogP contribution in [0.3, 0.4) is 0 Å². The molecule has 0 aliphatic carbocycles. The molecule has 0 amide bonds. The molecule has 0 aliphatic rings. The first-order valence-electron chi connectivity index (χ1n) is 6.63. The molecule has 1 aromatic carbocycles. The number of nitriles is 1. The van der Waals surface area contributed by atoms with Crippen molar-refractivity contribution in [3.63, 3.8) is 0 Å². The third-order valence-electron chi connectivity index (χ3n) is 2.93. The molecule has 0 atom stereocenters. The van der Waals surface area contributed by atoms with Crippen LogP contribution < -0.4 is 0 Å². The van der Waals surface area contributed by atoms with E-state index in [1.807, 2.05) is 30.3 Å². The Morgan fingerprint density at radius 1 is 1.32 bits per heavy atom. The molecular formula is C17H13ClN2O2. The molecule has 2 aromatic rings. The van der Waals surface area contributed by atoms with E-state index in [1.165, 1.54) is 0 Å². The minimum atomic E-state index is -0.807. The Morgan fingerprint density at radius 2 is 2.18 bits per heavy atom. The van der Waals surface area contributed by atoms with E-state index >= 15 is 0 Å². The van der Waals surface area contributed by atoms with Crippen molar-refractivity contribution in [1.29, 1.82) is 5.26 Å². The molecule has 4 nitrogen and oxygen atoms in total. The van der Waals surface area contributed by atoms with Gasteiger partial charge in [-0.25, -0.2) is 4.79 Å². The molecule has 0 N–H and O–H groups in total. The Bertz CT molecular complexity index is 721. The summed E-state index contributed by atoms with van der Waals surface area (Å²) < 4.78 is 4.71. The van der Waals surface area contributed by atoms with Crippen molar-refractivity contribution in [1.82, 2.24) is 4.98 Å². The Labute approximate surface area is 133 Å². The highest BCUT2D eigenvalue weighted by Gasteiger charge is 2.03. The molecule has 22 heavy (non-hydrogen) atoms. The number of pyridine rings is 1. The van der Waals surface area contributed by atoms with Crippen LogP contribution in [0.4, 0.5) is 4.79 Å². The minimum absolute atomic E-state index is 0.223. The lowest BCUT2D eigenvalue weighted by Crippen LogP contribution is -2.00. The van der Waals surface area contributed by atoms with Gasteiger partial charge in [0.05, 0.1) is 17.9 Å². The maximum absolute atomic E-state index is 10.5. The fourth-order valence-electron chi connectivity index (χ4n) is 1.94. The summed E-state index contributed by atoms with van der Waals surface area (Å²) in [7, 11) is 0. The third kappa shape index (κ3) is 4.72. The van der Waals surface area contributed by atoms with Crippen molar-refractivity contribution in [3.05, 3.63) is 65.5 Å². The zero-order valence-corrected chi connectivity index (χ0v) is 12.5. The largest absolute Gasteiger partial charge is 0.453 e. The van der Waals surface area contributed by atoms with Crippen LogP contribution in [-0.4, -0.2) is 17.0 Å². The van der Waals surface area contributed by atoms with Gasteiger partial charge in [0.1, 0.15) is 6.07 Å². The first-order valence-corrected chi connectivity index (χ1v) is 7.01. The molecule has 0 saturated carbocycles. The van der Waals surface area contributed by atoms with Gasteiger partial charge in [0.25, 0.3) is 0 Å². The molecule has 0 unspecified atom stereocenters. The SMILES string of the molecule is N#C/C(=C\c1cccc(CCOC(=O)Cl)c1)c1ccccn1. The van der Waals surface area contributed by atoms with Crippen molar-refractivity contribution in [2.45, 2.75) is 6.42 Å². The fraction of sp³-hybridized carbons (Fsp3) is 0.118. The van der Waals surface area contributed by atoms with E-state index in [9.17, 15) is 10.1 Å².